The first-order valence-corrected chi connectivity index (χ1v) is 4.04. The van der Waals surface area contributed by atoms with Crippen LogP contribution in [0.25, 0.3) is 0 Å². The molecule has 0 spiro atoms. The van der Waals surface area contributed by atoms with Crippen molar-refractivity contribution >= 4 is 11.9 Å². The summed E-state index contributed by atoms with van der Waals surface area (Å²) in [5.74, 6) is -1.39. The number of hydrogen-bond acceptors (Lipinski definition) is 4. The van der Waals surface area contributed by atoms with Gasteiger partial charge in [-0.05, 0) is 0 Å². The number of carboxylic acid groups (broad SMARTS) is 1. The van der Waals surface area contributed by atoms with Crippen molar-refractivity contribution in [1.29, 1.82) is 0 Å². The summed E-state index contributed by atoms with van der Waals surface area (Å²) in [5, 5.41) is 8.52. The Hall–Kier alpha value is -1.14. The zero-order chi connectivity index (χ0) is 11.1. The van der Waals surface area contributed by atoms with E-state index in [9.17, 15) is 9.59 Å². The maximum atomic E-state index is 11.0. The van der Waals surface area contributed by atoms with Crippen LogP contribution >= 0.6 is 0 Å². The fraction of sp³-hybridized carbons (Fsp3) is 0.750. The van der Waals surface area contributed by atoms with E-state index in [1.807, 2.05) is 0 Å². The summed E-state index contributed by atoms with van der Waals surface area (Å²) in [7, 11) is 2.85. The first-order valence-electron chi connectivity index (χ1n) is 4.04. The van der Waals surface area contributed by atoms with E-state index >= 15 is 0 Å². The average molecular weight is 205 g/mol. The van der Waals surface area contributed by atoms with Crippen LogP contribution in [-0.2, 0) is 19.1 Å². The van der Waals surface area contributed by atoms with Gasteiger partial charge in [-0.3, -0.25) is 9.59 Å². The molecule has 14 heavy (non-hydrogen) atoms. The predicted octanol–water partition coefficient (Wildman–Crippen LogP) is -0.462. The molecule has 0 aliphatic carbocycles. The summed E-state index contributed by atoms with van der Waals surface area (Å²) in [4.78, 5) is 22.5. The molecule has 6 nitrogen and oxygen atoms in total. The number of carbonyl (C=O) groups is 2. The quantitative estimate of drug-likeness (QED) is 0.594. The molecule has 0 bridgehead atoms. The lowest BCUT2D eigenvalue weighted by Crippen LogP contribution is -2.40. The summed E-state index contributed by atoms with van der Waals surface area (Å²) >= 11 is 0. The third kappa shape index (κ3) is 4.78. The molecule has 0 aromatic heterocycles. The minimum Gasteiger partial charge on any atom is -0.480 e. The van der Waals surface area contributed by atoms with Crippen molar-refractivity contribution in [3.63, 3.8) is 0 Å². The Morgan fingerprint density at radius 1 is 1.36 bits per heavy atom. The summed E-state index contributed by atoms with van der Waals surface area (Å²) in [6.45, 7) is 1.05. The van der Waals surface area contributed by atoms with E-state index in [4.69, 9.17) is 14.6 Å². The lowest BCUT2D eigenvalue weighted by atomic mass is 10.4. The lowest BCUT2D eigenvalue weighted by Gasteiger charge is -2.23. The molecule has 0 unspecified atom stereocenters. The third-order valence-corrected chi connectivity index (χ3v) is 1.67. The van der Waals surface area contributed by atoms with Crippen molar-refractivity contribution < 1.29 is 24.2 Å². The molecule has 82 valence electrons. The Morgan fingerprint density at radius 2 is 1.86 bits per heavy atom. The van der Waals surface area contributed by atoms with Crippen molar-refractivity contribution in [1.82, 2.24) is 4.90 Å². The Bertz CT molecular complexity index is 202. The third-order valence-electron chi connectivity index (χ3n) is 1.67. The van der Waals surface area contributed by atoms with Gasteiger partial charge in [-0.2, -0.15) is 0 Å². The molecule has 0 aliphatic heterocycles. The molecular formula is C8H15NO5. The van der Waals surface area contributed by atoms with E-state index in [1.54, 1.807) is 0 Å². The zero-order valence-electron chi connectivity index (χ0n) is 8.52. The van der Waals surface area contributed by atoms with Crippen LogP contribution in [0.4, 0.5) is 0 Å². The minimum absolute atomic E-state index is 0.106. The van der Waals surface area contributed by atoms with Crippen LogP contribution in [-0.4, -0.2) is 55.5 Å². The van der Waals surface area contributed by atoms with Gasteiger partial charge in [-0.25, -0.2) is 0 Å². The molecule has 1 amide bonds. The van der Waals surface area contributed by atoms with Gasteiger partial charge >= 0.3 is 5.97 Å². The number of ether oxygens (including phenoxy) is 2. The van der Waals surface area contributed by atoms with Crippen molar-refractivity contribution in [2.24, 2.45) is 0 Å². The fourth-order valence-corrected chi connectivity index (χ4v) is 0.893. The van der Waals surface area contributed by atoms with E-state index in [-0.39, 0.29) is 19.0 Å². The van der Waals surface area contributed by atoms with Crippen LogP contribution in [0.15, 0.2) is 0 Å². The van der Waals surface area contributed by atoms with Gasteiger partial charge in [0.25, 0.3) is 0 Å². The maximum Gasteiger partial charge on any atom is 0.323 e. The van der Waals surface area contributed by atoms with Crippen molar-refractivity contribution in [3.8, 4) is 0 Å². The number of carboxylic acids is 1. The molecule has 0 rings (SSSR count). The van der Waals surface area contributed by atoms with E-state index in [2.05, 4.69) is 0 Å². The van der Waals surface area contributed by atoms with Gasteiger partial charge in [-0.1, -0.05) is 0 Å². The van der Waals surface area contributed by atoms with Crippen LogP contribution < -0.4 is 0 Å². The first kappa shape index (κ1) is 12.9. The maximum absolute atomic E-state index is 11.0. The topological polar surface area (TPSA) is 76.1 Å². The summed E-state index contributed by atoms with van der Waals surface area (Å²) in [6.07, 6.45) is -0.599. The van der Waals surface area contributed by atoms with E-state index in [1.165, 1.54) is 21.1 Å². The molecule has 0 aliphatic rings. The van der Waals surface area contributed by atoms with Crippen molar-refractivity contribution in [2.45, 2.75) is 13.2 Å². The number of methoxy groups -OCH3 is 2. The largest absolute Gasteiger partial charge is 0.480 e. The second-order valence-electron chi connectivity index (χ2n) is 2.69. The van der Waals surface area contributed by atoms with Gasteiger partial charge < -0.3 is 19.5 Å². The molecule has 0 saturated heterocycles. The second-order valence-corrected chi connectivity index (χ2v) is 2.69. The van der Waals surface area contributed by atoms with E-state index in [0.717, 1.165) is 4.90 Å². The lowest BCUT2D eigenvalue weighted by molar-refractivity contribution is -0.152. The number of hydrogen-bond donors (Lipinski definition) is 1. The molecule has 0 aromatic rings. The highest BCUT2D eigenvalue weighted by atomic mass is 16.7. The van der Waals surface area contributed by atoms with Crippen LogP contribution in [0, 0.1) is 0 Å². The summed E-state index contributed by atoms with van der Waals surface area (Å²) in [6, 6.07) is 0. The monoisotopic (exact) mass is 205 g/mol. The molecular weight excluding hydrogens is 190 g/mol. The Kier molecular flexibility index (Phi) is 5.82. The molecule has 0 fully saturated rings. The fourth-order valence-electron chi connectivity index (χ4n) is 0.893. The molecule has 0 radical (unpaired) electrons. The van der Waals surface area contributed by atoms with Crippen LogP contribution in [0.1, 0.15) is 6.92 Å². The van der Waals surface area contributed by atoms with Crippen molar-refractivity contribution in [2.75, 3.05) is 27.3 Å². The highest BCUT2D eigenvalue weighted by Crippen LogP contribution is 1.97. The number of aliphatic carboxylic acids is 1. The molecule has 0 atom stereocenters. The van der Waals surface area contributed by atoms with E-state index < -0.39 is 12.3 Å². The number of amides is 1. The van der Waals surface area contributed by atoms with Gasteiger partial charge in [0.15, 0.2) is 6.29 Å². The van der Waals surface area contributed by atoms with E-state index in [0.29, 0.717) is 0 Å². The first-order chi connectivity index (χ1) is 6.51. The summed E-state index contributed by atoms with van der Waals surface area (Å²) in [5.41, 5.74) is 0. The highest BCUT2D eigenvalue weighted by molar-refractivity contribution is 5.79. The predicted molar refractivity (Wildman–Crippen MR) is 47.7 cm³/mol. The molecule has 0 heterocycles. The van der Waals surface area contributed by atoms with Gasteiger partial charge in [0.05, 0.1) is 6.54 Å². The molecule has 0 aromatic carbocycles. The standard InChI is InChI=1S/C8H15NO5/c1-6(10)9(4-7(11)12)5-8(13-2)14-3/h8H,4-5H2,1-3H3,(H,11,12). The van der Waals surface area contributed by atoms with Crippen LogP contribution in [0.2, 0.25) is 0 Å². The number of carbonyl (C=O) groups excluding carboxylic acids is 1. The average Bonchev–Trinajstić information content (AvgIpc) is 2.11. The highest BCUT2D eigenvalue weighted by Gasteiger charge is 2.17. The van der Waals surface area contributed by atoms with Gasteiger partial charge in [0.1, 0.15) is 6.54 Å². The van der Waals surface area contributed by atoms with Crippen LogP contribution in [0.5, 0.6) is 0 Å². The zero-order valence-corrected chi connectivity index (χ0v) is 8.52. The second kappa shape index (κ2) is 6.33. The Balaban J connectivity index is 4.21. The van der Waals surface area contributed by atoms with Gasteiger partial charge in [0.2, 0.25) is 5.91 Å². The molecule has 6 heteroatoms. The summed E-state index contributed by atoms with van der Waals surface area (Å²) < 4.78 is 9.71. The molecule has 1 N–H and O–H groups in total. The molecule has 0 saturated carbocycles. The Morgan fingerprint density at radius 3 is 2.14 bits per heavy atom. The van der Waals surface area contributed by atoms with Gasteiger partial charge in [-0.15, -0.1) is 0 Å². The number of nitrogens with zero attached hydrogens (tertiary/aromatic N) is 1. The van der Waals surface area contributed by atoms with Crippen LogP contribution in [0.3, 0.4) is 0 Å². The normalized spacial score (nSPS) is 10.3. The Labute approximate surface area is 82.4 Å². The number of rotatable bonds is 6. The van der Waals surface area contributed by atoms with Gasteiger partial charge in [0, 0.05) is 21.1 Å². The van der Waals surface area contributed by atoms with Crippen molar-refractivity contribution in [3.05, 3.63) is 0 Å². The minimum atomic E-state index is -1.06. The SMILES string of the molecule is COC(CN(CC(=O)O)C(C)=O)OC. The smallest absolute Gasteiger partial charge is 0.323 e.